The molecule has 0 heterocycles. The second kappa shape index (κ2) is 7.16. The molecule has 0 atom stereocenters. The number of rotatable bonds is 6. The number of nitrogens with two attached hydrogens (primary N) is 1. The van der Waals surface area contributed by atoms with Crippen LogP contribution >= 0.6 is 0 Å². The summed E-state index contributed by atoms with van der Waals surface area (Å²) < 4.78 is 53.0. The summed E-state index contributed by atoms with van der Waals surface area (Å²) in [7, 11) is 2.62. The highest BCUT2D eigenvalue weighted by Gasteiger charge is 2.34. The molecule has 0 unspecified atom stereocenters. The number of methoxy groups -OCH3 is 2. The summed E-state index contributed by atoms with van der Waals surface area (Å²) in [5, 5.41) is 0. The highest BCUT2D eigenvalue weighted by Crippen LogP contribution is 2.37. The SMILES string of the molecule is COCCOc1cc(C(F)(F)F)c(N)cc1CC(=O)OC. The predicted molar refractivity (Wildman–Crippen MR) is 68.9 cm³/mol. The van der Waals surface area contributed by atoms with Crippen molar-refractivity contribution in [2.75, 3.05) is 33.2 Å². The minimum Gasteiger partial charge on any atom is -0.491 e. The van der Waals surface area contributed by atoms with E-state index in [1.165, 1.54) is 14.2 Å². The van der Waals surface area contributed by atoms with Gasteiger partial charge < -0.3 is 19.9 Å². The smallest absolute Gasteiger partial charge is 0.418 e. The molecular formula is C13H16F3NO4. The Kier molecular flexibility index (Phi) is 5.83. The molecule has 5 nitrogen and oxygen atoms in total. The molecule has 0 saturated heterocycles. The van der Waals surface area contributed by atoms with Crippen LogP contribution in [-0.4, -0.2) is 33.4 Å². The normalized spacial score (nSPS) is 11.3. The van der Waals surface area contributed by atoms with Gasteiger partial charge in [-0.25, -0.2) is 0 Å². The Hall–Kier alpha value is -1.96. The van der Waals surface area contributed by atoms with Crippen molar-refractivity contribution in [2.45, 2.75) is 12.6 Å². The molecule has 0 amide bonds. The summed E-state index contributed by atoms with van der Waals surface area (Å²) in [5.41, 5.74) is 4.14. The molecule has 8 heteroatoms. The van der Waals surface area contributed by atoms with Gasteiger partial charge in [-0.3, -0.25) is 4.79 Å². The van der Waals surface area contributed by atoms with Gasteiger partial charge in [0.2, 0.25) is 0 Å². The third kappa shape index (κ3) is 4.82. The number of alkyl halides is 3. The molecule has 0 aliphatic heterocycles. The van der Waals surface area contributed by atoms with Gasteiger partial charge in [-0.15, -0.1) is 0 Å². The summed E-state index contributed by atoms with van der Waals surface area (Å²) in [6.07, 6.45) is -4.84. The molecule has 1 aromatic rings. The predicted octanol–water partition coefficient (Wildman–Crippen LogP) is 2.03. The zero-order valence-electron chi connectivity index (χ0n) is 11.6. The van der Waals surface area contributed by atoms with E-state index in [1.807, 2.05) is 0 Å². The van der Waals surface area contributed by atoms with Crippen molar-refractivity contribution in [3.8, 4) is 5.75 Å². The summed E-state index contributed by atoms with van der Waals surface area (Å²) in [6.45, 7) is 0.245. The number of nitrogen functional groups attached to an aromatic ring is 1. The first kappa shape index (κ1) is 17.1. The van der Waals surface area contributed by atoms with E-state index in [-0.39, 0.29) is 30.9 Å². The van der Waals surface area contributed by atoms with Gasteiger partial charge in [-0.1, -0.05) is 0 Å². The number of anilines is 1. The van der Waals surface area contributed by atoms with Crippen LogP contribution < -0.4 is 10.5 Å². The summed E-state index contributed by atoms with van der Waals surface area (Å²) >= 11 is 0. The number of hydrogen-bond donors (Lipinski definition) is 1. The topological polar surface area (TPSA) is 70.8 Å². The van der Waals surface area contributed by atoms with Crippen molar-refractivity contribution in [3.63, 3.8) is 0 Å². The minimum atomic E-state index is -4.60. The van der Waals surface area contributed by atoms with E-state index in [2.05, 4.69) is 4.74 Å². The van der Waals surface area contributed by atoms with E-state index < -0.39 is 23.4 Å². The Balaban J connectivity index is 3.15. The molecule has 0 saturated carbocycles. The summed E-state index contributed by atoms with van der Waals surface area (Å²) in [5.74, 6) is -0.676. The van der Waals surface area contributed by atoms with Gasteiger partial charge in [0.25, 0.3) is 0 Å². The zero-order valence-corrected chi connectivity index (χ0v) is 11.6. The van der Waals surface area contributed by atoms with Crippen LogP contribution in [-0.2, 0) is 26.9 Å². The van der Waals surface area contributed by atoms with E-state index in [0.717, 1.165) is 12.1 Å². The van der Waals surface area contributed by atoms with Crippen molar-refractivity contribution in [2.24, 2.45) is 0 Å². The maximum Gasteiger partial charge on any atom is 0.418 e. The van der Waals surface area contributed by atoms with E-state index in [0.29, 0.717) is 0 Å². The lowest BCUT2D eigenvalue weighted by molar-refractivity contribution is -0.139. The van der Waals surface area contributed by atoms with E-state index >= 15 is 0 Å². The largest absolute Gasteiger partial charge is 0.491 e. The van der Waals surface area contributed by atoms with Gasteiger partial charge >= 0.3 is 12.1 Å². The van der Waals surface area contributed by atoms with Crippen LogP contribution in [0, 0.1) is 0 Å². The quantitative estimate of drug-likeness (QED) is 0.495. The Bertz CT molecular complexity index is 503. The van der Waals surface area contributed by atoms with E-state index in [1.54, 1.807) is 0 Å². The van der Waals surface area contributed by atoms with Crippen LogP contribution in [0.15, 0.2) is 12.1 Å². The first-order valence-electron chi connectivity index (χ1n) is 5.97. The Labute approximate surface area is 119 Å². The molecule has 0 radical (unpaired) electrons. The Morgan fingerprint density at radius 2 is 1.90 bits per heavy atom. The number of halogens is 3. The van der Waals surface area contributed by atoms with Crippen LogP contribution in [0.2, 0.25) is 0 Å². The molecular weight excluding hydrogens is 291 g/mol. The Morgan fingerprint density at radius 3 is 2.43 bits per heavy atom. The first-order valence-corrected chi connectivity index (χ1v) is 5.97. The lowest BCUT2D eigenvalue weighted by Crippen LogP contribution is -2.14. The van der Waals surface area contributed by atoms with Crippen molar-refractivity contribution in [1.29, 1.82) is 0 Å². The van der Waals surface area contributed by atoms with E-state index in [4.69, 9.17) is 15.2 Å². The minimum absolute atomic E-state index is 0.0475. The molecule has 0 aliphatic carbocycles. The van der Waals surface area contributed by atoms with Crippen molar-refractivity contribution in [3.05, 3.63) is 23.3 Å². The maximum absolute atomic E-state index is 12.8. The monoisotopic (exact) mass is 307 g/mol. The first-order chi connectivity index (χ1) is 9.79. The second-order valence-corrected chi connectivity index (χ2v) is 4.14. The molecule has 2 N–H and O–H groups in total. The molecule has 0 bridgehead atoms. The zero-order chi connectivity index (χ0) is 16.0. The molecule has 0 aromatic heterocycles. The summed E-state index contributed by atoms with van der Waals surface area (Å²) in [4.78, 5) is 11.3. The number of hydrogen-bond acceptors (Lipinski definition) is 5. The van der Waals surface area contributed by atoms with Crippen molar-refractivity contribution >= 4 is 11.7 Å². The number of benzene rings is 1. The van der Waals surface area contributed by atoms with Crippen LogP contribution in [0.3, 0.4) is 0 Å². The van der Waals surface area contributed by atoms with Gasteiger partial charge in [0.15, 0.2) is 0 Å². The average Bonchev–Trinajstić information content (AvgIpc) is 2.39. The summed E-state index contributed by atoms with van der Waals surface area (Å²) in [6, 6.07) is 1.85. The standard InChI is InChI=1S/C13H16F3NO4/c1-19-3-4-21-11-7-9(13(14,15)16)10(17)5-8(11)6-12(18)20-2/h5,7H,3-4,6,17H2,1-2H3. The van der Waals surface area contributed by atoms with Crippen LogP contribution in [0.25, 0.3) is 0 Å². The molecule has 1 aromatic carbocycles. The number of carbonyl (C=O) groups excluding carboxylic acids is 1. The lowest BCUT2D eigenvalue weighted by Gasteiger charge is -2.16. The number of esters is 1. The van der Waals surface area contributed by atoms with Gasteiger partial charge in [0, 0.05) is 18.4 Å². The van der Waals surface area contributed by atoms with Gasteiger partial charge in [0.05, 0.1) is 25.7 Å². The van der Waals surface area contributed by atoms with Crippen LogP contribution in [0.1, 0.15) is 11.1 Å². The van der Waals surface area contributed by atoms with Crippen molar-refractivity contribution < 1.29 is 32.2 Å². The Morgan fingerprint density at radius 1 is 1.24 bits per heavy atom. The molecule has 0 fully saturated rings. The van der Waals surface area contributed by atoms with E-state index in [9.17, 15) is 18.0 Å². The fourth-order valence-electron chi connectivity index (χ4n) is 1.62. The number of carbonyl (C=O) groups is 1. The number of ether oxygens (including phenoxy) is 3. The lowest BCUT2D eigenvalue weighted by atomic mass is 10.0. The molecule has 118 valence electrons. The molecule has 0 spiro atoms. The van der Waals surface area contributed by atoms with Gasteiger partial charge in [-0.05, 0) is 12.1 Å². The highest BCUT2D eigenvalue weighted by atomic mass is 19.4. The van der Waals surface area contributed by atoms with Crippen LogP contribution in [0.5, 0.6) is 5.75 Å². The third-order valence-electron chi connectivity index (χ3n) is 2.65. The molecule has 0 aliphatic rings. The van der Waals surface area contributed by atoms with Crippen molar-refractivity contribution in [1.82, 2.24) is 0 Å². The molecule has 1 rings (SSSR count). The second-order valence-electron chi connectivity index (χ2n) is 4.14. The third-order valence-corrected chi connectivity index (χ3v) is 2.65. The average molecular weight is 307 g/mol. The van der Waals surface area contributed by atoms with Gasteiger partial charge in [-0.2, -0.15) is 13.2 Å². The van der Waals surface area contributed by atoms with Gasteiger partial charge in [0.1, 0.15) is 12.4 Å². The fraction of sp³-hybridized carbons (Fsp3) is 0.462. The highest BCUT2D eigenvalue weighted by molar-refractivity contribution is 5.74. The maximum atomic E-state index is 12.8. The van der Waals surface area contributed by atoms with Crippen LogP contribution in [0.4, 0.5) is 18.9 Å². The molecule has 21 heavy (non-hydrogen) atoms. The fourth-order valence-corrected chi connectivity index (χ4v) is 1.62.